The van der Waals surface area contributed by atoms with Crippen molar-refractivity contribution in [2.24, 2.45) is 0 Å². The molecule has 4 aromatic rings. The smallest absolute Gasteiger partial charge is 0.270 e. The third kappa shape index (κ3) is 4.66. The quantitative estimate of drug-likeness (QED) is 0.361. The fourth-order valence-electron chi connectivity index (χ4n) is 5.88. The summed E-state index contributed by atoms with van der Waals surface area (Å²) in [6.45, 7) is 4.57. The van der Waals surface area contributed by atoms with Crippen molar-refractivity contribution in [1.29, 1.82) is 0 Å². The van der Waals surface area contributed by atoms with E-state index in [0.29, 0.717) is 30.4 Å². The van der Waals surface area contributed by atoms with Gasteiger partial charge >= 0.3 is 0 Å². The number of hydrogen-bond acceptors (Lipinski definition) is 3. The molecule has 0 radical (unpaired) electrons. The first-order valence-corrected chi connectivity index (χ1v) is 13.6. The average molecular weight is 519 g/mol. The molecule has 0 saturated carbocycles. The molecule has 198 valence electrons. The van der Waals surface area contributed by atoms with Gasteiger partial charge in [-0.3, -0.25) is 9.59 Å². The van der Waals surface area contributed by atoms with Crippen molar-refractivity contribution >= 4 is 17.5 Å². The second-order valence-electron chi connectivity index (χ2n) is 10.9. The van der Waals surface area contributed by atoms with E-state index < -0.39 is 0 Å². The summed E-state index contributed by atoms with van der Waals surface area (Å²) in [7, 11) is 4.14. The standard InChI is InChI=1S/C33H34N4O2/c1-23-8-4-6-10-29(23)24-12-14-25(15-13-24)32(38)37-22-28-16-17-31(33(39)35-19-18-27(21-35)34(2)3)36(28)20-26-9-5-7-11-30(26)37/h4-17,27H,18-22H2,1-3H3/t27-/m1/s1. The van der Waals surface area contributed by atoms with Crippen LogP contribution in [-0.2, 0) is 13.1 Å². The molecule has 1 fully saturated rings. The Morgan fingerprint density at radius 2 is 1.56 bits per heavy atom. The number of benzene rings is 3. The molecule has 0 unspecified atom stereocenters. The van der Waals surface area contributed by atoms with Gasteiger partial charge in [0, 0.05) is 36.1 Å². The number of carbonyl (C=O) groups is 2. The molecule has 0 spiro atoms. The minimum atomic E-state index is -0.0466. The number of anilines is 1. The van der Waals surface area contributed by atoms with Crippen LogP contribution in [0.3, 0.4) is 0 Å². The lowest BCUT2D eigenvalue weighted by Crippen LogP contribution is -2.35. The normalized spacial score (nSPS) is 16.7. The molecule has 2 aliphatic heterocycles. The topological polar surface area (TPSA) is 48.8 Å². The van der Waals surface area contributed by atoms with Crippen molar-refractivity contribution in [3.63, 3.8) is 0 Å². The number of amides is 2. The highest BCUT2D eigenvalue weighted by molar-refractivity contribution is 6.07. The predicted molar refractivity (Wildman–Crippen MR) is 155 cm³/mol. The summed E-state index contributed by atoms with van der Waals surface area (Å²) < 4.78 is 2.10. The summed E-state index contributed by atoms with van der Waals surface area (Å²) in [5.74, 6) is 0.0179. The highest BCUT2D eigenvalue weighted by Crippen LogP contribution is 2.32. The van der Waals surface area contributed by atoms with Crippen molar-refractivity contribution in [3.8, 4) is 11.1 Å². The third-order valence-electron chi connectivity index (χ3n) is 8.24. The lowest BCUT2D eigenvalue weighted by molar-refractivity contribution is 0.0772. The van der Waals surface area contributed by atoms with E-state index in [1.165, 1.54) is 11.1 Å². The SMILES string of the molecule is Cc1ccccc1-c1ccc(C(=O)N2Cc3ccc(C(=O)N4CC[C@@H](N(C)C)C4)n3Cc3ccccc32)cc1. The Bertz CT molecular complexity index is 1540. The largest absolute Gasteiger partial charge is 0.336 e. The Morgan fingerprint density at radius 1 is 0.821 bits per heavy atom. The Kier molecular flexibility index (Phi) is 6.57. The van der Waals surface area contributed by atoms with Gasteiger partial charge in [0.15, 0.2) is 0 Å². The summed E-state index contributed by atoms with van der Waals surface area (Å²) in [4.78, 5) is 33.5. The van der Waals surface area contributed by atoms with Gasteiger partial charge in [0.2, 0.25) is 0 Å². The van der Waals surface area contributed by atoms with Crippen LogP contribution in [0, 0.1) is 6.92 Å². The minimum Gasteiger partial charge on any atom is -0.336 e. The summed E-state index contributed by atoms with van der Waals surface area (Å²) in [6.07, 6.45) is 0.986. The molecule has 0 aliphatic carbocycles. The Hall–Kier alpha value is -4.16. The van der Waals surface area contributed by atoms with Crippen molar-refractivity contribution in [2.75, 3.05) is 32.1 Å². The van der Waals surface area contributed by atoms with Crippen molar-refractivity contribution in [3.05, 3.63) is 113 Å². The molecule has 2 aliphatic rings. The van der Waals surface area contributed by atoms with Crippen LogP contribution in [0.5, 0.6) is 0 Å². The Balaban J connectivity index is 1.30. The van der Waals surface area contributed by atoms with Crippen LogP contribution in [0.1, 0.15) is 44.1 Å². The van der Waals surface area contributed by atoms with E-state index in [-0.39, 0.29) is 11.8 Å². The zero-order valence-electron chi connectivity index (χ0n) is 22.8. The van der Waals surface area contributed by atoms with Crippen molar-refractivity contribution in [1.82, 2.24) is 14.4 Å². The summed E-state index contributed by atoms with van der Waals surface area (Å²) >= 11 is 0. The molecule has 0 N–H and O–H groups in total. The summed E-state index contributed by atoms with van der Waals surface area (Å²) in [5.41, 5.74) is 7.68. The van der Waals surface area contributed by atoms with Gasteiger partial charge in [-0.05, 0) is 80.0 Å². The number of aromatic nitrogens is 1. The highest BCUT2D eigenvalue weighted by atomic mass is 16.2. The first kappa shape index (κ1) is 25.1. The number of carbonyl (C=O) groups excluding carboxylic acids is 2. The minimum absolute atomic E-state index is 0.0466. The number of nitrogens with zero attached hydrogens (tertiary/aromatic N) is 4. The van der Waals surface area contributed by atoms with Crippen LogP contribution in [0.4, 0.5) is 5.69 Å². The molecule has 0 bridgehead atoms. The van der Waals surface area contributed by atoms with Crippen LogP contribution in [0.25, 0.3) is 11.1 Å². The van der Waals surface area contributed by atoms with Gasteiger partial charge < -0.3 is 19.3 Å². The molecule has 39 heavy (non-hydrogen) atoms. The van der Waals surface area contributed by atoms with E-state index in [1.54, 1.807) is 0 Å². The molecule has 1 atom stereocenters. The number of aryl methyl sites for hydroxylation is 1. The van der Waals surface area contributed by atoms with Crippen LogP contribution >= 0.6 is 0 Å². The van der Waals surface area contributed by atoms with Gasteiger partial charge in [-0.2, -0.15) is 0 Å². The fraction of sp³-hybridized carbons (Fsp3) is 0.273. The molecule has 1 saturated heterocycles. The van der Waals surface area contributed by atoms with E-state index >= 15 is 0 Å². The molecule has 1 aromatic heterocycles. The van der Waals surface area contributed by atoms with Crippen LogP contribution < -0.4 is 4.90 Å². The zero-order chi connectivity index (χ0) is 27.1. The maximum absolute atomic E-state index is 13.9. The van der Waals surface area contributed by atoms with Gasteiger partial charge in [-0.15, -0.1) is 0 Å². The van der Waals surface area contributed by atoms with Crippen LogP contribution in [-0.4, -0.2) is 59.4 Å². The van der Waals surface area contributed by atoms with Gasteiger partial charge in [0.05, 0.1) is 13.1 Å². The van der Waals surface area contributed by atoms with E-state index in [1.807, 2.05) is 76.5 Å². The molecule has 3 heterocycles. The van der Waals surface area contributed by atoms with E-state index in [4.69, 9.17) is 0 Å². The summed E-state index contributed by atoms with van der Waals surface area (Å²) in [6, 6.07) is 28.5. The van der Waals surface area contributed by atoms with Gasteiger partial charge in [-0.25, -0.2) is 0 Å². The van der Waals surface area contributed by atoms with Gasteiger partial charge in [0.25, 0.3) is 11.8 Å². The van der Waals surface area contributed by atoms with Crippen molar-refractivity contribution in [2.45, 2.75) is 32.5 Å². The van der Waals surface area contributed by atoms with Crippen LogP contribution in [0.2, 0.25) is 0 Å². The molecule has 3 aromatic carbocycles. The number of rotatable bonds is 4. The van der Waals surface area contributed by atoms with Gasteiger partial charge in [-0.1, -0.05) is 54.6 Å². The molecule has 6 rings (SSSR count). The number of likely N-dealkylation sites (tertiary alicyclic amines) is 1. The molecular formula is C33H34N4O2. The molecule has 6 heteroatoms. The maximum Gasteiger partial charge on any atom is 0.270 e. The first-order chi connectivity index (χ1) is 18.9. The van der Waals surface area contributed by atoms with Gasteiger partial charge in [0.1, 0.15) is 5.69 Å². The second-order valence-corrected chi connectivity index (χ2v) is 10.9. The Morgan fingerprint density at radius 3 is 2.31 bits per heavy atom. The zero-order valence-corrected chi connectivity index (χ0v) is 22.8. The number of para-hydroxylation sites is 1. The van der Waals surface area contributed by atoms with Crippen LogP contribution in [0.15, 0.2) is 84.9 Å². The van der Waals surface area contributed by atoms with E-state index in [2.05, 4.69) is 48.7 Å². The first-order valence-electron chi connectivity index (χ1n) is 13.6. The van der Waals surface area contributed by atoms with E-state index in [9.17, 15) is 9.59 Å². The number of fused-ring (bicyclic) bond motifs is 2. The van der Waals surface area contributed by atoms with E-state index in [0.717, 1.165) is 42.0 Å². The lowest BCUT2D eigenvalue weighted by atomic mass is 9.99. The lowest BCUT2D eigenvalue weighted by Gasteiger charge is -2.23. The highest BCUT2D eigenvalue weighted by Gasteiger charge is 2.32. The molecule has 6 nitrogen and oxygen atoms in total. The third-order valence-corrected chi connectivity index (χ3v) is 8.24. The number of hydrogen-bond donors (Lipinski definition) is 0. The maximum atomic E-state index is 13.9. The van der Waals surface area contributed by atoms with Crippen molar-refractivity contribution < 1.29 is 9.59 Å². The second kappa shape index (κ2) is 10.2. The predicted octanol–water partition coefficient (Wildman–Crippen LogP) is 5.45. The number of likely N-dealkylation sites (N-methyl/N-ethyl adjacent to an activating group) is 1. The fourth-order valence-corrected chi connectivity index (χ4v) is 5.88. The molecule has 2 amide bonds. The monoisotopic (exact) mass is 518 g/mol. The Labute approximate surface area is 230 Å². The average Bonchev–Trinajstić information content (AvgIpc) is 3.57. The molecular weight excluding hydrogens is 484 g/mol. The summed E-state index contributed by atoms with van der Waals surface area (Å²) in [5, 5.41) is 0.